The fourth-order valence-electron chi connectivity index (χ4n) is 3.05. The van der Waals surface area contributed by atoms with Gasteiger partial charge in [-0.05, 0) is 12.5 Å². The van der Waals surface area contributed by atoms with Gasteiger partial charge in [-0.15, -0.1) is 0 Å². The van der Waals surface area contributed by atoms with Gasteiger partial charge in [-0.3, -0.25) is 9.59 Å². The fraction of sp³-hybridized carbons (Fsp3) is 0.263. The number of hydrogen-bond acceptors (Lipinski definition) is 3. The van der Waals surface area contributed by atoms with Gasteiger partial charge in [0.05, 0.1) is 12.5 Å². The maximum atomic E-state index is 12.7. The molecule has 1 saturated carbocycles. The number of ether oxygens (including phenoxy) is 1. The minimum Gasteiger partial charge on any atom is -0.466 e. The van der Waals surface area contributed by atoms with E-state index in [9.17, 15) is 9.59 Å². The third kappa shape index (κ3) is 2.67. The van der Waals surface area contributed by atoms with Gasteiger partial charge >= 0.3 is 5.97 Å². The van der Waals surface area contributed by atoms with Gasteiger partial charge in [-0.1, -0.05) is 60.7 Å². The zero-order valence-corrected chi connectivity index (χ0v) is 12.4. The number of carbonyl (C=O) groups is 2. The van der Waals surface area contributed by atoms with Crippen LogP contribution in [0.4, 0.5) is 0 Å². The smallest absolute Gasteiger partial charge is 0.310 e. The summed E-state index contributed by atoms with van der Waals surface area (Å²) in [4.78, 5) is 24.9. The van der Waals surface area contributed by atoms with E-state index in [-0.39, 0.29) is 29.5 Å². The van der Waals surface area contributed by atoms with Gasteiger partial charge in [0.15, 0.2) is 5.78 Å². The number of ketones is 1. The van der Waals surface area contributed by atoms with E-state index in [0.717, 1.165) is 5.56 Å². The van der Waals surface area contributed by atoms with Gasteiger partial charge in [0, 0.05) is 17.4 Å². The first-order valence-corrected chi connectivity index (χ1v) is 7.55. The molecule has 0 unspecified atom stereocenters. The highest BCUT2D eigenvalue weighted by atomic mass is 16.5. The van der Waals surface area contributed by atoms with E-state index in [2.05, 4.69) is 0 Å². The molecule has 3 nitrogen and oxygen atoms in total. The summed E-state index contributed by atoms with van der Waals surface area (Å²) < 4.78 is 5.14. The second-order valence-corrected chi connectivity index (χ2v) is 5.47. The molecule has 0 N–H and O–H groups in total. The highest BCUT2D eigenvalue weighted by Gasteiger charge is 2.60. The van der Waals surface area contributed by atoms with Crippen LogP contribution in [0, 0.1) is 11.8 Å². The lowest BCUT2D eigenvalue weighted by atomic mass is 10.0. The zero-order chi connectivity index (χ0) is 15.5. The predicted molar refractivity (Wildman–Crippen MR) is 83.6 cm³/mol. The average Bonchev–Trinajstić information content (AvgIpc) is 3.32. The van der Waals surface area contributed by atoms with E-state index in [1.54, 1.807) is 19.1 Å². The van der Waals surface area contributed by atoms with Crippen molar-refractivity contribution in [3.63, 3.8) is 0 Å². The molecule has 22 heavy (non-hydrogen) atoms. The van der Waals surface area contributed by atoms with Crippen LogP contribution in [-0.2, 0) is 9.53 Å². The van der Waals surface area contributed by atoms with Crippen LogP contribution in [0.25, 0.3) is 0 Å². The van der Waals surface area contributed by atoms with Crippen LogP contribution in [0.15, 0.2) is 60.7 Å². The average molecular weight is 294 g/mol. The van der Waals surface area contributed by atoms with Crippen LogP contribution in [-0.4, -0.2) is 18.4 Å². The van der Waals surface area contributed by atoms with Gasteiger partial charge in [0.2, 0.25) is 0 Å². The van der Waals surface area contributed by atoms with Crippen LogP contribution in [0.2, 0.25) is 0 Å². The second kappa shape index (κ2) is 6.14. The highest BCUT2D eigenvalue weighted by Crippen LogP contribution is 2.56. The van der Waals surface area contributed by atoms with Crippen LogP contribution in [0.1, 0.15) is 28.8 Å². The number of benzene rings is 2. The van der Waals surface area contributed by atoms with Crippen LogP contribution in [0.3, 0.4) is 0 Å². The Balaban J connectivity index is 1.87. The van der Waals surface area contributed by atoms with E-state index < -0.39 is 0 Å². The van der Waals surface area contributed by atoms with Crippen molar-refractivity contribution < 1.29 is 14.3 Å². The van der Waals surface area contributed by atoms with Crippen molar-refractivity contribution in [3.8, 4) is 0 Å². The molecule has 112 valence electrons. The molecule has 0 saturated heterocycles. The van der Waals surface area contributed by atoms with Crippen molar-refractivity contribution in [2.24, 2.45) is 11.8 Å². The minimum atomic E-state index is -0.366. The number of carbonyl (C=O) groups excluding carboxylic acids is 2. The molecule has 3 rings (SSSR count). The molecular weight excluding hydrogens is 276 g/mol. The second-order valence-electron chi connectivity index (χ2n) is 5.47. The molecule has 0 spiro atoms. The van der Waals surface area contributed by atoms with Crippen molar-refractivity contribution in [2.45, 2.75) is 12.8 Å². The molecule has 0 heterocycles. The molecule has 1 fully saturated rings. The van der Waals surface area contributed by atoms with Gasteiger partial charge in [0.1, 0.15) is 0 Å². The number of Topliss-reactive ketones (excluding diaryl/α,β-unsaturated/α-hetero) is 1. The van der Waals surface area contributed by atoms with Gasteiger partial charge < -0.3 is 4.74 Å². The zero-order valence-electron chi connectivity index (χ0n) is 12.4. The lowest BCUT2D eigenvalue weighted by molar-refractivity contribution is -0.145. The Morgan fingerprint density at radius 2 is 1.50 bits per heavy atom. The van der Waals surface area contributed by atoms with Crippen molar-refractivity contribution in [3.05, 3.63) is 71.8 Å². The van der Waals surface area contributed by atoms with E-state index in [1.165, 1.54) is 0 Å². The summed E-state index contributed by atoms with van der Waals surface area (Å²) >= 11 is 0. The number of esters is 1. The maximum absolute atomic E-state index is 12.7. The third-order valence-electron chi connectivity index (χ3n) is 4.12. The lowest BCUT2D eigenvalue weighted by Crippen LogP contribution is -2.11. The van der Waals surface area contributed by atoms with Crippen molar-refractivity contribution in [2.75, 3.05) is 6.61 Å². The van der Waals surface area contributed by atoms with Crippen LogP contribution < -0.4 is 0 Å². The summed E-state index contributed by atoms with van der Waals surface area (Å²) in [6.45, 7) is 2.12. The summed E-state index contributed by atoms with van der Waals surface area (Å²) in [5.41, 5.74) is 1.68. The van der Waals surface area contributed by atoms with E-state index >= 15 is 0 Å². The Labute approximate surface area is 129 Å². The standard InChI is InChI=1S/C19H18O3/c1-2-22-19(21)17-15(13-9-5-3-6-10-13)16(17)18(20)14-11-7-4-8-12-14/h3-12,15-17H,2H2,1H3/t15-,16-,17-/m0/s1. The van der Waals surface area contributed by atoms with Crippen LogP contribution >= 0.6 is 0 Å². The monoisotopic (exact) mass is 294 g/mol. The van der Waals surface area contributed by atoms with Gasteiger partial charge in [0.25, 0.3) is 0 Å². The molecule has 0 bridgehead atoms. The molecule has 0 amide bonds. The highest BCUT2D eigenvalue weighted by molar-refractivity contribution is 6.04. The van der Waals surface area contributed by atoms with Gasteiger partial charge in [-0.25, -0.2) is 0 Å². The third-order valence-corrected chi connectivity index (χ3v) is 4.12. The molecule has 0 radical (unpaired) electrons. The predicted octanol–water partition coefficient (Wildman–Crippen LogP) is 3.46. The Morgan fingerprint density at radius 3 is 2.09 bits per heavy atom. The van der Waals surface area contributed by atoms with Crippen molar-refractivity contribution in [1.82, 2.24) is 0 Å². The Hall–Kier alpha value is -2.42. The molecule has 3 heteroatoms. The van der Waals surface area contributed by atoms with E-state index in [0.29, 0.717) is 12.2 Å². The van der Waals surface area contributed by atoms with Gasteiger partial charge in [-0.2, -0.15) is 0 Å². The van der Waals surface area contributed by atoms with Crippen molar-refractivity contribution >= 4 is 11.8 Å². The molecule has 3 atom stereocenters. The quantitative estimate of drug-likeness (QED) is 0.626. The first-order chi connectivity index (χ1) is 10.7. The molecule has 0 aliphatic heterocycles. The minimum absolute atomic E-state index is 0.0208. The molecule has 1 aliphatic carbocycles. The fourth-order valence-corrected chi connectivity index (χ4v) is 3.05. The van der Waals surface area contributed by atoms with Crippen molar-refractivity contribution in [1.29, 1.82) is 0 Å². The number of rotatable bonds is 5. The largest absolute Gasteiger partial charge is 0.466 e. The summed E-state index contributed by atoms with van der Waals surface area (Å²) in [6.07, 6.45) is 0. The molecule has 1 aliphatic rings. The first-order valence-electron chi connectivity index (χ1n) is 7.55. The lowest BCUT2D eigenvalue weighted by Gasteiger charge is -2.00. The Kier molecular flexibility index (Phi) is 4.05. The van der Waals surface area contributed by atoms with Crippen LogP contribution in [0.5, 0.6) is 0 Å². The molecular formula is C19H18O3. The summed E-state index contributed by atoms with van der Waals surface area (Å²) in [6, 6.07) is 18.9. The Bertz CT molecular complexity index is 664. The normalized spacial score (nSPS) is 22.9. The SMILES string of the molecule is CCOC(=O)[C@@H]1[C@@H](C(=O)c2ccccc2)[C@@H]1c1ccccc1. The Morgan fingerprint density at radius 1 is 0.909 bits per heavy atom. The first kappa shape index (κ1) is 14.5. The molecule has 2 aromatic carbocycles. The molecule has 0 aromatic heterocycles. The topological polar surface area (TPSA) is 43.4 Å². The van der Waals surface area contributed by atoms with E-state index in [4.69, 9.17) is 4.74 Å². The summed E-state index contributed by atoms with van der Waals surface area (Å²) in [5.74, 6) is -1.01. The van der Waals surface area contributed by atoms with E-state index in [1.807, 2.05) is 48.5 Å². The maximum Gasteiger partial charge on any atom is 0.310 e. The number of hydrogen-bond donors (Lipinski definition) is 0. The summed E-state index contributed by atoms with van der Waals surface area (Å²) in [7, 11) is 0. The molecule has 2 aromatic rings. The summed E-state index contributed by atoms with van der Waals surface area (Å²) in [5, 5.41) is 0.